The fraction of sp³-hybridized carbons (Fsp3) is 0.188. The van der Waals surface area contributed by atoms with Gasteiger partial charge in [-0.25, -0.2) is 0 Å². The number of halogens is 1. The minimum atomic E-state index is -0.0941. The molecule has 0 amide bonds. The number of ketones is 1. The number of rotatable bonds is 3. The molecule has 0 bridgehead atoms. The van der Waals surface area contributed by atoms with Gasteiger partial charge in [0.2, 0.25) is 5.78 Å². The standard InChI is InChI=1S/C16H17NO2.BrH/c1-3-17-10-8-13(9-11-17)4-5-14-6-7-15(18)16(12-14)19-2;/h4-12H,3H2,1-2H3;1H/b14-5+;. The van der Waals surface area contributed by atoms with Gasteiger partial charge in [0.05, 0.1) is 7.11 Å². The van der Waals surface area contributed by atoms with Crippen LogP contribution in [-0.2, 0) is 9.53 Å². The van der Waals surface area contributed by atoms with Crippen molar-refractivity contribution in [1.82, 2.24) is 4.90 Å². The van der Waals surface area contributed by atoms with Crippen LogP contribution >= 0.6 is 17.0 Å². The summed E-state index contributed by atoms with van der Waals surface area (Å²) in [5.74, 6) is 0.280. The molecule has 0 atom stereocenters. The Morgan fingerprint density at radius 3 is 2.35 bits per heavy atom. The fourth-order valence-corrected chi connectivity index (χ4v) is 1.77. The van der Waals surface area contributed by atoms with Crippen LogP contribution in [0.15, 0.2) is 71.8 Å². The van der Waals surface area contributed by atoms with E-state index >= 15 is 0 Å². The van der Waals surface area contributed by atoms with E-state index in [1.54, 1.807) is 12.2 Å². The maximum absolute atomic E-state index is 11.4. The molecule has 0 saturated carbocycles. The number of nitrogens with zero attached hydrogens (tertiary/aromatic N) is 1. The van der Waals surface area contributed by atoms with E-state index in [1.807, 2.05) is 24.6 Å². The van der Waals surface area contributed by atoms with Crippen LogP contribution in [0.2, 0.25) is 0 Å². The maximum Gasteiger partial charge on any atom is 0.220 e. The van der Waals surface area contributed by atoms with Crippen LogP contribution in [-0.4, -0.2) is 24.3 Å². The molecule has 3 nitrogen and oxygen atoms in total. The van der Waals surface area contributed by atoms with E-state index in [0.717, 1.165) is 17.7 Å². The Morgan fingerprint density at radius 2 is 1.75 bits per heavy atom. The van der Waals surface area contributed by atoms with Crippen molar-refractivity contribution in [3.63, 3.8) is 0 Å². The Kier molecular flexibility index (Phi) is 6.25. The summed E-state index contributed by atoms with van der Waals surface area (Å²) >= 11 is 0. The number of carbonyl (C=O) groups is 1. The molecule has 0 radical (unpaired) electrons. The summed E-state index contributed by atoms with van der Waals surface area (Å²) in [5, 5.41) is 0. The Hall–Kier alpha value is -1.81. The van der Waals surface area contributed by atoms with Crippen LogP contribution in [0.1, 0.15) is 6.92 Å². The average Bonchev–Trinajstić information content (AvgIpc) is 2.47. The number of methoxy groups -OCH3 is 1. The molecule has 0 unspecified atom stereocenters. The monoisotopic (exact) mass is 335 g/mol. The van der Waals surface area contributed by atoms with E-state index in [0.29, 0.717) is 5.76 Å². The third-order valence-corrected chi connectivity index (χ3v) is 2.94. The van der Waals surface area contributed by atoms with Gasteiger partial charge in [0.25, 0.3) is 0 Å². The van der Waals surface area contributed by atoms with Crippen LogP contribution in [0, 0.1) is 0 Å². The third-order valence-electron chi connectivity index (χ3n) is 2.94. The van der Waals surface area contributed by atoms with Crippen molar-refractivity contribution in [2.24, 2.45) is 0 Å². The number of hydrogen-bond donors (Lipinski definition) is 0. The van der Waals surface area contributed by atoms with Gasteiger partial charge in [0, 0.05) is 18.9 Å². The van der Waals surface area contributed by atoms with E-state index in [9.17, 15) is 4.79 Å². The minimum absolute atomic E-state index is 0. The van der Waals surface area contributed by atoms with Crippen molar-refractivity contribution in [1.29, 1.82) is 0 Å². The molecule has 20 heavy (non-hydrogen) atoms. The number of ether oxygens (including phenoxy) is 1. The lowest BCUT2D eigenvalue weighted by Crippen LogP contribution is -2.09. The van der Waals surface area contributed by atoms with E-state index < -0.39 is 0 Å². The van der Waals surface area contributed by atoms with Gasteiger partial charge in [-0.2, -0.15) is 0 Å². The van der Waals surface area contributed by atoms with Gasteiger partial charge in [-0.1, -0.05) is 18.2 Å². The first-order valence-electron chi connectivity index (χ1n) is 6.25. The summed E-state index contributed by atoms with van der Waals surface area (Å²) in [5.41, 5.74) is 2.07. The molecule has 0 spiro atoms. The lowest BCUT2D eigenvalue weighted by atomic mass is 10.1. The van der Waals surface area contributed by atoms with E-state index in [4.69, 9.17) is 4.74 Å². The van der Waals surface area contributed by atoms with Crippen LogP contribution < -0.4 is 0 Å². The molecule has 1 aliphatic heterocycles. The molecule has 1 aliphatic carbocycles. The zero-order valence-electron chi connectivity index (χ0n) is 11.6. The molecule has 4 heteroatoms. The summed E-state index contributed by atoms with van der Waals surface area (Å²) in [6.45, 7) is 3.07. The summed E-state index contributed by atoms with van der Waals surface area (Å²) in [7, 11) is 1.50. The number of allylic oxidation sites excluding steroid dienone is 9. The summed E-state index contributed by atoms with van der Waals surface area (Å²) in [4.78, 5) is 13.5. The molecule has 0 saturated heterocycles. The van der Waals surface area contributed by atoms with Crippen molar-refractivity contribution in [2.75, 3.05) is 13.7 Å². The molecule has 2 aliphatic rings. The van der Waals surface area contributed by atoms with E-state index in [2.05, 4.69) is 24.0 Å². The summed E-state index contributed by atoms with van der Waals surface area (Å²) < 4.78 is 5.02. The highest BCUT2D eigenvalue weighted by Gasteiger charge is 2.10. The fourth-order valence-electron chi connectivity index (χ4n) is 1.77. The molecule has 106 valence electrons. The molecule has 0 aromatic heterocycles. The molecule has 0 fully saturated rings. The molecular weight excluding hydrogens is 318 g/mol. The number of hydrogen-bond acceptors (Lipinski definition) is 3. The molecule has 0 aromatic rings. The Balaban J connectivity index is 0.00000200. The zero-order valence-corrected chi connectivity index (χ0v) is 13.3. The zero-order chi connectivity index (χ0) is 13.7. The van der Waals surface area contributed by atoms with Crippen molar-refractivity contribution < 1.29 is 9.53 Å². The van der Waals surface area contributed by atoms with Crippen LogP contribution in [0.5, 0.6) is 0 Å². The largest absolute Gasteiger partial charge is 0.493 e. The molecule has 0 N–H and O–H groups in total. The topological polar surface area (TPSA) is 29.5 Å². The summed E-state index contributed by atoms with van der Waals surface area (Å²) in [6, 6.07) is 0. The SMILES string of the molecule is Br.CCN1C=CC(=C/C=C2\C=CC(=O)C(OC)=C2)C=C1. The molecule has 1 heterocycles. The first-order chi connectivity index (χ1) is 9.22. The predicted molar refractivity (Wildman–Crippen MR) is 86.4 cm³/mol. The van der Waals surface area contributed by atoms with Crippen molar-refractivity contribution in [3.8, 4) is 0 Å². The van der Waals surface area contributed by atoms with E-state index in [-0.39, 0.29) is 22.8 Å². The van der Waals surface area contributed by atoms with Gasteiger partial charge in [-0.05, 0) is 42.4 Å². The first kappa shape index (κ1) is 16.2. The maximum atomic E-state index is 11.4. The number of carbonyl (C=O) groups excluding carboxylic acids is 1. The Bertz CT molecular complexity index is 535. The second kappa shape index (κ2) is 7.70. The van der Waals surface area contributed by atoms with Gasteiger partial charge >= 0.3 is 0 Å². The first-order valence-corrected chi connectivity index (χ1v) is 6.25. The van der Waals surface area contributed by atoms with E-state index in [1.165, 1.54) is 13.2 Å². The van der Waals surface area contributed by atoms with Crippen LogP contribution in [0.25, 0.3) is 0 Å². The van der Waals surface area contributed by atoms with Crippen molar-refractivity contribution >= 4 is 22.8 Å². The predicted octanol–water partition coefficient (Wildman–Crippen LogP) is 3.45. The Morgan fingerprint density at radius 1 is 1.10 bits per heavy atom. The molecular formula is C16H18BrNO2. The average molecular weight is 336 g/mol. The minimum Gasteiger partial charge on any atom is -0.493 e. The third kappa shape index (κ3) is 4.10. The van der Waals surface area contributed by atoms with Crippen molar-refractivity contribution in [2.45, 2.75) is 6.92 Å². The molecule has 2 rings (SSSR count). The van der Waals surface area contributed by atoms with Gasteiger partial charge in [-0.3, -0.25) is 4.79 Å². The normalized spacial score (nSPS) is 19.0. The van der Waals surface area contributed by atoms with Crippen molar-refractivity contribution in [3.05, 3.63) is 71.8 Å². The molecule has 0 aromatic carbocycles. The summed E-state index contributed by atoms with van der Waals surface area (Å²) in [6.07, 6.45) is 17.2. The Labute approximate surface area is 130 Å². The lowest BCUT2D eigenvalue weighted by Gasteiger charge is -2.15. The second-order valence-electron chi connectivity index (χ2n) is 4.21. The second-order valence-corrected chi connectivity index (χ2v) is 4.21. The smallest absolute Gasteiger partial charge is 0.220 e. The van der Waals surface area contributed by atoms with Crippen LogP contribution in [0.4, 0.5) is 0 Å². The quantitative estimate of drug-likeness (QED) is 0.791. The van der Waals surface area contributed by atoms with Gasteiger partial charge in [0.1, 0.15) is 0 Å². The van der Waals surface area contributed by atoms with Crippen LogP contribution in [0.3, 0.4) is 0 Å². The van der Waals surface area contributed by atoms with Gasteiger partial charge < -0.3 is 9.64 Å². The van der Waals surface area contributed by atoms with Gasteiger partial charge in [0.15, 0.2) is 5.76 Å². The highest BCUT2D eigenvalue weighted by Crippen LogP contribution is 2.15. The highest BCUT2D eigenvalue weighted by molar-refractivity contribution is 8.93. The highest BCUT2D eigenvalue weighted by atomic mass is 79.9. The van der Waals surface area contributed by atoms with Gasteiger partial charge in [-0.15, -0.1) is 17.0 Å². The lowest BCUT2D eigenvalue weighted by molar-refractivity contribution is -0.114.